The van der Waals surface area contributed by atoms with Crippen LogP contribution in [0.25, 0.3) is 0 Å². The van der Waals surface area contributed by atoms with Crippen LogP contribution in [0.2, 0.25) is 0 Å². The van der Waals surface area contributed by atoms with Crippen molar-refractivity contribution in [2.45, 2.75) is 31.3 Å². The summed E-state index contributed by atoms with van der Waals surface area (Å²) < 4.78 is 26.1. The maximum absolute atomic E-state index is 12.4. The highest BCUT2D eigenvalue weighted by atomic mass is 32.2. The fourth-order valence-corrected chi connectivity index (χ4v) is 3.27. The normalized spacial score (nSPS) is 12.7. The average molecular weight is 287 g/mol. The number of nitrogen functional groups attached to an aromatic ring is 1. The van der Waals surface area contributed by atoms with Crippen LogP contribution in [-0.2, 0) is 10.0 Å². The molecule has 19 heavy (non-hydrogen) atoms. The van der Waals surface area contributed by atoms with Crippen molar-refractivity contribution < 1.29 is 13.5 Å². The number of rotatable bonds is 6. The van der Waals surface area contributed by atoms with Gasteiger partial charge in [-0.05, 0) is 38.1 Å². The molecule has 0 heterocycles. The Labute approximate surface area is 114 Å². The average Bonchev–Trinajstić information content (AvgIpc) is 2.34. The molecular formula is C12H21N3O3S. The van der Waals surface area contributed by atoms with Crippen LogP contribution in [0.5, 0.6) is 0 Å². The Hall–Kier alpha value is -1.15. The molecule has 0 atom stereocenters. The van der Waals surface area contributed by atoms with Crippen LogP contribution >= 0.6 is 0 Å². The zero-order valence-corrected chi connectivity index (χ0v) is 12.2. The molecule has 0 unspecified atom stereocenters. The number of nitrogens with one attached hydrogen (secondary N) is 1. The first-order valence-electron chi connectivity index (χ1n) is 6.00. The molecule has 0 aromatic heterocycles. The molecule has 1 aromatic carbocycles. The Morgan fingerprint density at radius 1 is 1.32 bits per heavy atom. The van der Waals surface area contributed by atoms with E-state index in [2.05, 4.69) is 5.43 Å². The lowest BCUT2D eigenvalue weighted by atomic mass is 10.1. The summed E-state index contributed by atoms with van der Waals surface area (Å²) in [5.74, 6) is 5.24. The largest absolute Gasteiger partial charge is 0.389 e. The summed E-state index contributed by atoms with van der Waals surface area (Å²) in [6.45, 7) is 5.23. The maximum atomic E-state index is 12.4. The quantitative estimate of drug-likeness (QED) is 0.530. The van der Waals surface area contributed by atoms with E-state index in [-0.39, 0.29) is 11.4 Å². The molecule has 6 nitrogen and oxygen atoms in total. The van der Waals surface area contributed by atoms with Crippen LogP contribution in [0.15, 0.2) is 29.2 Å². The predicted molar refractivity (Wildman–Crippen MR) is 75.0 cm³/mol. The molecule has 0 radical (unpaired) electrons. The van der Waals surface area contributed by atoms with E-state index >= 15 is 0 Å². The van der Waals surface area contributed by atoms with Crippen LogP contribution in [0, 0.1) is 0 Å². The Morgan fingerprint density at radius 3 is 2.21 bits per heavy atom. The summed E-state index contributed by atoms with van der Waals surface area (Å²) in [7, 11) is -3.60. The standard InChI is InChI=1S/C12H21N3O3S/c1-4-15(9-12(2,3)16)19(17,18)11-7-5-10(14-13)6-8-11/h5-8,14,16H,4,9,13H2,1-3H3. The second-order valence-electron chi connectivity index (χ2n) is 4.91. The van der Waals surface area contributed by atoms with E-state index in [0.717, 1.165) is 0 Å². The Kier molecular flexibility index (Phi) is 4.92. The number of anilines is 1. The number of hydrogen-bond donors (Lipinski definition) is 3. The van der Waals surface area contributed by atoms with Gasteiger partial charge < -0.3 is 10.5 Å². The highest BCUT2D eigenvalue weighted by Gasteiger charge is 2.28. The smallest absolute Gasteiger partial charge is 0.243 e. The fraction of sp³-hybridized carbons (Fsp3) is 0.500. The van der Waals surface area contributed by atoms with E-state index in [1.54, 1.807) is 32.9 Å². The Morgan fingerprint density at radius 2 is 1.84 bits per heavy atom. The number of aliphatic hydroxyl groups is 1. The van der Waals surface area contributed by atoms with Crippen LogP contribution in [0.3, 0.4) is 0 Å². The molecule has 1 aromatic rings. The Bertz CT molecular complexity index is 506. The van der Waals surface area contributed by atoms with Gasteiger partial charge >= 0.3 is 0 Å². The third kappa shape index (κ3) is 4.17. The van der Waals surface area contributed by atoms with Crippen LogP contribution in [0.1, 0.15) is 20.8 Å². The minimum atomic E-state index is -3.60. The second kappa shape index (κ2) is 5.87. The van der Waals surface area contributed by atoms with Crippen molar-refractivity contribution in [3.05, 3.63) is 24.3 Å². The van der Waals surface area contributed by atoms with E-state index < -0.39 is 15.6 Å². The molecule has 108 valence electrons. The van der Waals surface area contributed by atoms with Crippen molar-refractivity contribution in [1.82, 2.24) is 4.31 Å². The number of nitrogens with two attached hydrogens (primary N) is 1. The van der Waals surface area contributed by atoms with E-state index in [1.165, 1.54) is 16.4 Å². The third-order valence-corrected chi connectivity index (χ3v) is 4.51. The maximum Gasteiger partial charge on any atom is 0.243 e. The molecule has 0 saturated carbocycles. The molecule has 0 aliphatic heterocycles. The summed E-state index contributed by atoms with van der Waals surface area (Å²) >= 11 is 0. The first kappa shape index (κ1) is 15.9. The number of hydrazine groups is 1. The van der Waals surface area contributed by atoms with E-state index in [1.807, 2.05) is 0 Å². The van der Waals surface area contributed by atoms with E-state index in [0.29, 0.717) is 12.2 Å². The van der Waals surface area contributed by atoms with E-state index in [9.17, 15) is 13.5 Å². The van der Waals surface area contributed by atoms with Gasteiger partial charge in [0.15, 0.2) is 0 Å². The van der Waals surface area contributed by atoms with Crippen molar-refractivity contribution in [2.24, 2.45) is 5.84 Å². The lowest BCUT2D eigenvalue weighted by molar-refractivity contribution is 0.0601. The van der Waals surface area contributed by atoms with Gasteiger partial charge in [-0.25, -0.2) is 8.42 Å². The van der Waals surface area contributed by atoms with Gasteiger partial charge in [-0.1, -0.05) is 6.92 Å². The Balaban J connectivity index is 3.06. The van der Waals surface area contributed by atoms with Gasteiger partial charge in [-0.3, -0.25) is 5.84 Å². The van der Waals surface area contributed by atoms with Crippen molar-refractivity contribution >= 4 is 15.7 Å². The fourth-order valence-electron chi connectivity index (χ4n) is 1.67. The van der Waals surface area contributed by atoms with Gasteiger partial charge in [0, 0.05) is 18.8 Å². The first-order chi connectivity index (χ1) is 8.70. The molecule has 0 bridgehead atoms. The van der Waals surface area contributed by atoms with Crippen molar-refractivity contribution in [2.75, 3.05) is 18.5 Å². The highest BCUT2D eigenvalue weighted by molar-refractivity contribution is 7.89. The third-order valence-electron chi connectivity index (χ3n) is 2.57. The second-order valence-corrected chi connectivity index (χ2v) is 6.85. The molecular weight excluding hydrogens is 266 g/mol. The number of hydrogen-bond acceptors (Lipinski definition) is 5. The van der Waals surface area contributed by atoms with Crippen molar-refractivity contribution in [3.8, 4) is 0 Å². The first-order valence-corrected chi connectivity index (χ1v) is 7.44. The lowest BCUT2D eigenvalue weighted by Gasteiger charge is -2.27. The van der Waals surface area contributed by atoms with Crippen LogP contribution in [-0.4, -0.2) is 36.5 Å². The molecule has 4 N–H and O–H groups in total. The number of benzene rings is 1. The zero-order valence-electron chi connectivity index (χ0n) is 11.4. The summed E-state index contributed by atoms with van der Waals surface area (Å²) in [4.78, 5) is 0.178. The number of nitrogens with zero attached hydrogens (tertiary/aromatic N) is 1. The lowest BCUT2D eigenvalue weighted by Crippen LogP contribution is -2.42. The topological polar surface area (TPSA) is 95.7 Å². The van der Waals surface area contributed by atoms with E-state index in [4.69, 9.17) is 5.84 Å². The number of sulfonamides is 1. The summed E-state index contributed by atoms with van der Waals surface area (Å²) in [6, 6.07) is 6.14. The summed E-state index contributed by atoms with van der Waals surface area (Å²) in [5.41, 5.74) is 1.99. The molecule has 0 spiro atoms. The van der Waals surface area contributed by atoms with Crippen molar-refractivity contribution in [3.63, 3.8) is 0 Å². The minimum Gasteiger partial charge on any atom is -0.389 e. The van der Waals surface area contributed by atoms with Gasteiger partial charge in [-0.2, -0.15) is 4.31 Å². The van der Waals surface area contributed by atoms with Gasteiger partial charge in [0.2, 0.25) is 10.0 Å². The van der Waals surface area contributed by atoms with Gasteiger partial charge in [0.25, 0.3) is 0 Å². The van der Waals surface area contributed by atoms with Gasteiger partial charge in [-0.15, -0.1) is 0 Å². The molecule has 0 amide bonds. The van der Waals surface area contributed by atoms with Crippen molar-refractivity contribution in [1.29, 1.82) is 0 Å². The molecule has 0 aliphatic rings. The van der Waals surface area contributed by atoms with Crippen LogP contribution < -0.4 is 11.3 Å². The van der Waals surface area contributed by atoms with Crippen LogP contribution in [0.4, 0.5) is 5.69 Å². The molecule has 1 rings (SSSR count). The molecule has 7 heteroatoms. The molecule has 0 aliphatic carbocycles. The zero-order chi connectivity index (χ0) is 14.7. The SMILES string of the molecule is CCN(CC(C)(C)O)S(=O)(=O)c1ccc(NN)cc1. The van der Waals surface area contributed by atoms with Gasteiger partial charge in [0.1, 0.15) is 0 Å². The summed E-state index contributed by atoms with van der Waals surface area (Å²) in [6.07, 6.45) is 0. The number of likely N-dealkylation sites (N-methyl/N-ethyl adjacent to an activating group) is 1. The minimum absolute atomic E-state index is 0.0444. The molecule has 0 fully saturated rings. The predicted octanol–water partition coefficient (Wildman–Crippen LogP) is 0.754. The molecule has 0 saturated heterocycles. The monoisotopic (exact) mass is 287 g/mol. The summed E-state index contributed by atoms with van der Waals surface area (Å²) in [5, 5.41) is 9.78. The van der Waals surface area contributed by atoms with Gasteiger partial charge in [0.05, 0.1) is 10.5 Å². The highest BCUT2D eigenvalue weighted by Crippen LogP contribution is 2.19.